The third-order valence-corrected chi connectivity index (χ3v) is 7.04. The highest BCUT2D eigenvalue weighted by Gasteiger charge is 2.64. The summed E-state index contributed by atoms with van der Waals surface area (Å²) in [5, 5.41) is 8.15. The second kappa shape index (κ2) is 6.87. The van der Waals surface area contributed by atoms with E-state index in [1.165, 1.54) is 12.1 Å². The van der Waals surface area contributed by atoms with Gasteiger partial charge in [-0.05, 0) is 48.0 Å². The molecule has 0 spiro atoms. The van der Waals surface area contributed by atoms with Crippen LogP contribution in [0.5, 0.6) is 0 Å². The van der Waals surface area contributed by atoms with Crippen LogP contribution >= 0.6 is 0 Å². The summed E-state index contributed by atoms with van der Waals surface area (Å²) in [4.78, 5) is 14.6. The molecule has 2 aliphatic heterocycles. The number of fused-ring (bicyclic) bond motifs is 2. The molecule has 1 saturated carbocycles. The van der Waals surface area contributed by atoms with E-state index < -0.39 is 47.4 Å². The fourth-order valence-electron chi connectivity index (χ4n) is 5.31. The van der Waals surface area contributed by atoms with Gasteiger partial charge in [-0.1, -0.05) is 33.1 Å². The molecule has 0 aromatic heterocycles. The minimum atomic E-state index is -2.91. The van der Waals surface area contributed by atoms with E-state index in [0.29, 0.717) is 18.4 Å². The van der Waals surface area contributed by atoms with Crippen molar-refractivity contribution < 1.29 is 22.4 Å². The number of amides is 1. The molecule has 1 aromatic rings. The molecular weight excluding hydrogens is 410 g/mol. The summed E-state index contributed by atoms with van der Waals surface area (Å²) in [6, 6.07) is 3.48. The van der Waals surface area contributed by atoms with Crippen molar-refractivity contribution in [3.05, 3.63) is 65.9 Å². The number of benzene rings is 1. The predicted octanol–water partition coefficient (Wildman–Crippen LogP) is 5.74. The number of azo groups is 1. The van der Waals surface area contributed by atoms with Gasteiger partial charge in [0.15, 0.2) is 0 Å². The zero-order chi connectivity index (χ0) is 22.8. The summed E-state index contributed by atoms with van der Waals surface area (Å²) in [5.41, 5.74) is -1.82. The van der Waals surface area contributed by atoms with E-state index in [4.69, 9.17) is 0 Å². The van der Waals surface area contributed by atoms with E-state index >= 15 is 0 Å². The van der Waals surface area contributed by atoms with E-state index in [0.717, 1.165) is 17.0 Å². The van der Waals surface area contributed by atoms with E-state index in [2.05, 4.69) is 23.4 Å². The first kappa shape index (κ1) is 21.5. The summed E-state index contributed by atoms with van der Waals surface area (Å²) in [7, 11) is 0. The molecule has 2 atom stereocenters. The summed E-state index contributed by atoms with van der Waals surface area (Å²) in [5.74, 6) is -5.25. The van der Waals surface area contributed by atoms with Crippen LogP contribution in [0.2, 0.25) is 0 Å². The van der Waals surface area contributed by atoms with Gasteiger partial charge in [0.1, 0.15) is 11.6 Å². The Labute approximate surface area is 178 Å². The average molecular weight is 433 g/mol. The van der Waals surface area contributed by atoms with Crippen molar-refractivity contribution in [1.29, 1.82) is 0 Å². The van der Waals surface area contributed by atoms with Crippen LogP contribution in [0.4, 0.5) is 17.6 Å². The first-order valence-electron chi connectivity index (χ1n) is 10.0. The molecule has 1 unspecified atom stereocenters. The Bertz CT molecular complexity index is 1030. The van der Waals surface area contributed by atoms with Crippen molar-refractivity contribution in [1.82, 2.24) is 4.90 Å². The maximum Gasteiger partial charge on any atom is 0.282 e. The molecule has 1 saturated heterocycles. The highest BCUT2D eigenvalue weighted by atomic mass is 19.3. The number of nitrogens with zero attached hydrogens (tertiary/aromatic N) is 3. The number of rotatable bonds is 2. The summed E-state index contributed by atoms with van der Waals surface area (Å²) < 4.78 is 55.8. The Morgan fingerprint density at radius 1 is 1.13 bits per heavy atom. The van der Waals surface area contributed by atoms with E-state index in [1.54, 1.807) is 0 Å². The van der Waals surface area contributed by atoms with Crippen molar-refractivity contribution in [3.8, 4) is 0 Å². The van der Waals surface area contributed by atoms with Crippen LogP contribution in [0.15, 0.2) is 58.9 Å². The third-order valence-electron chi connectivity index (χ3n) is 7.04. The highest BCUT2D eigenvalue weighted by Crippen LogP contribution is 2.63. The van der Waals surface area contributed by atoms with E-state index in [9.17, 15) is 22.4 Å². The van der Waals surface area contributed by atoms with Crippen molar-refractivity contribution in [2.75, 3.05) is 13.1 Å². The summed E-state index contributed by atoms with van der Waals surface area (Å²) >= 11 is 0. The molecule has 8 heteroatoms. The van der Waals surface area contributed by atoms with Crippen molar-refractivity contribution in [3.63, 3.8) is 0 Å². The number of hydrogen-bond acceptors (Lipinski definition) is 3. The minimum absolute atomic E-state index is 0.0665. The molecule has 2 heterocycles. The number of allylic oxidation sites excluding steroid dienone is 2. The Morgan fingerprint density at radius 3 is 2.32 bits per heavy atom. The van der Waals surface area contributed by atoms with Crippen LogP contribution in [-0.2, 0) is 4.79 Å². The molecule has 1 aromatic carbocycles. The molecule has 164 valence electrons. The van der Waals surface area contributed by atoms with Crippen molar-refractivity contribution >= 4 is 11.6 Å². The fourth-order valence-corrected chi connectivity index (χ4v) is 5.31. The molecule has 0 N–H and O–H groups in total. The first-order valence-corrected chi connectivity index (χ1v) is 10.0. The Kier molecular flexibility index (Phi) is 4.75. The number of carbonyl (C=O) groups is 1. The van der Waals surface area contributed by atoms with Crippen molar-refractivity contribution in [2.45, 2.75) is 32.6 Å². The standard InChI is InChI=1S/C23H23F4N3O/c1-13-10-18(19-16(24)6-5-7-17(19)25)29-28-14(2)23(9-8-15(13)21(23,3)4)20(31)30-11-22(26,27)12-30/h5-7,10,15H,1-2,8-9,11-12H2,3-4H3/b18-10-,29-28-/t15-,23?/m1/s1. The number of carbonyl (C=O) groups excluding carboxylic acids is 1. The molecule has 31 heavy (non-hydrogen) atoms. The van der Waals surface area contributed by atoms with Gasteiger partial charge in [0, 0.05) is 0 Å². The van der Waals surface area contributed by atoms with Gasteiger partial charge in [0.25, 0.3) is 5.92 Å². The lowest BCUT2D eigenvalue weighted by atomic mass is 9.61. The quantitative estimate of drug-likeness (QED) is 0.549. The van der Waals surface area contributed by atoms with Crippen LogP contribution in [0, 0.1) is 28.4 Å². The van der Waals surface area contributed by atoms with E-state index in [-0.39, 0.29) is 22.9 Å². The van der Waals surface area contributed by atoms with E-state index in [1.807, 2.05) is 13.8 Å². The van der Waals surface area contributed by atoms with Gasteiger partial charge in [-0.2, -0.15) is 10.2 Å². The van der Waals surface area contributed by atoms with Gasteiger partial charge < -0.3 is 4.90 Å². The normalized spacial score (nSPS) is 31.7. The second-order valence-corrected chi connectivity index (χ2v) is 9.08. The van der Waals surface area contributed by atoms with Gasteiger partial charge >= 0.3 is 0 Å². The fraction of sp³-hybridized carbons (Fsp3) is 0.435. The van der Waals surface area contributed by atoms with Gasteiger partial charge in [-0.15, -0.1) is 0 Å². The molecule has 2 bridgehead atoms. The molecule has 0 radical (unpaired) electrons. The highest BCUT2D eigenvalue weighted by molar-refractivity contribution is 5.88. The molecule has 1 aliphatic carbocycles. The summed E-state index contributed by atoms with van der Waals surface area (Å²) in [6.45, 7) is 10.5. The molecule has 2 fully saturated rings. The molecule has 4 rings (SSSR count). The molecule has 3 aliphatic rings. The predicted molar refractivity (Wildman–Crippen MR) is 108 cm³/mol. The van der Waals surface area contributed by atoms with Gasteiger partial charge in [-0.25, -0.2) is 17.6 Å². The zero-order valence-corrected chi connectivity index (χ0v) is 17.4. The SMILES string of the molecule is C=C1/C=C(c2c(F)cccc2F)\N=N/C(=C)C2(C(=O)N3CC(F)(F)C3)CC[C@H]1C2(C)C. The van der Waals surface area contributed by atoms with Crippen LogP contribution in [-0.4, -0.2) is 29.8 Å². The molecule has 4 nitrogen and oxygen atoms in total. The maximum absolute atomic E-state index is 14.4. The topological polar surface area (TPSA) is 45.0 Å². The van der Waals surface area contributed by atoms with Crippen LogP contribution < -0.4 is 0 Å². The van der Waals surface area contributed by atoms with Crippen LogP contribution in [0.1, 0.15) is 32.3 Å². The number of likely N-dealkylation sites (tertiary alicyclic amines) is 1. The molecule has 1 amide bonds. The van der Waals surface area contributed by atoms with Crippen LogP contribution in [0.3, 0.4) is 0 Å². The van der Waals surface area contributed by atoms with Gasteiger partial charge in [0.2, 0.25) is 5.91 Å². The lowest BCUT2D eigenvalue weighted by molar-refractivity contribution is -0.178. The summed E-state index contributed by atoms with van der Waals surface area (Å²) in [6.07, 6.45) is 2.36. The van der Waals surface area contributed by atoms with Crippen molar-refractivity contribution in [2.24, 2.45) is 27.0 Å². The van der Waals surface area contributed by atoms with Gasteiger partial charge in [-0.3, -0.25) is 4.79 Å². The molecular formula is C23H23F4N3O. The third kappa shape index (κ3) is 3.06. The number of hydrogen-bond donors (Lipinski definition) is 0. The largest absolute Gasteiger partial charge is 0.330 e. The number of alkyl halides is 2. The Hall–Kier alpha value is -2.77. The van der Waals surface area contributed by atoms with Gasteiger partial charge in [0.05, 0.1) is 35.5 Å². The Morgan fingerprint density at radius 2 is 1.74 bits per heavy atom. The second-order valence-electron chi connectivity index (χ2n) is 9.08. The lowest BCUT2D eigenvalue weighted by Gasteiger charge is -2.49. The monoisotopic (exact) mass is 433 g/mol. The zero-order valence-electron chi connectivity index (χ0n) is 17.4. The smallest absolute Gasteiger partial charge is 0.282 e. The average Bonchev–Trinajstić information content (AvgIpc) is 2.94. The lowest BCUT2D eigenvalue weighted by Crippen LogP contribution is -2.63. The maximum atomic E-state index is 14.4. The first-order chi connectivity index (χ1) is 14.4. The van der Waals surface area contributed by atoms with Crippen LogP contribution in [0.25, 0.3) is 5.70 Å². The Balaban J connectivity index is 1.82. The minimum Gasteiger partial charge on any atom is -0.330 e. The number of halogens is 4.